The van der Waals surface area contributed by atoms with Gasteiger partial charge >= 0.3 is 0 Å². The van der Waals surface area contributed by atoms with Gasteiger partial charge in [-0.3, -0.25) is 10.3 Å². The molecular formula is C12H18N4. The van der Waals surface area contributed by atoms with Crippen LogP contribution < -0.4 is 5.32 Å². The van der Waals surface area contributed by atoms with E-state index in [1.807, 2.05) is 32.3 Å². The van der Waals surface area contributed by atoms with Crippen LogP contribution >= 0.6 is 0 Å². The van der Waals surface area contributed by atoms with Gasteiger partial charge in [0.05, 0.1) is 11.8 Å². The molecule has 1 unspecified atom stereocenters. The lowest BCUT2D eigenvalue weighted by Crippen LogP contribution is -2.25. The average Bonchev–Trinajstić information content (AvgIpc) is 2.30. The topological polar surface area (TPSA) is 52.0 Å². The summed E-state index contributed by atoms with van der Waals surface area (Å²) in [7, 11) is 4.08. The summed E-state index contributed by atoms with van der Waals surface area (Å²) in [6.45, 7) is 1.85. The van der Waals surface area contributed by atoms with Crippen molar-refractivity contribution in [3.63, 3.8) is 0 Å². The van der Waals surface area contributed by atoms with Crippen LogP contribution in [-0.4, -0.2) is 37.1 Å². The lowest BCUT2D eigenvalue weighted by atomic mass is 10.2. The van der Waals surface area contributed by atoms with Crippen LogP contribution in [0.4, 0.5) is 0 Å². The van der Waals surface area contributed by atoms with Crippen LogP contribution in [0.2, 0.25) is 0 Å². The fourth-order valence-electron chi connectivity index (χ4n) is 1.40. The molecule has 0 saturated heterocycles. The second-order valence-corrected chi connectivity index (χ2v) is 3.93. The summed E-state index contributed by atoms with van der Waals surface area (Å²) in [5, 5.41) is 12.2. The van der Waals surface area contributed by atoms with Gasteiger partial charge in [0.25, 0.3) is 0 Å². The van der Waals surface area contributed by atoms with Crippen molar-refractivity contribution in [2.24, 2.45) is 0 Å². The molecule has 1 rings (SSSR count). The van der Waals surface area contributed by atoms with Crippen molar-refractivity contribution in [2.75, 3.05) is 27.2 Å². The fraction of sp³-hybridized carbons (Fsp3) is 0.500. The zero-order valence-corrected chi connectivity index (χ0v) is 9.85. The Labute approximate surface area is 96.9 Å². The third-order valence-corrected chi connectivity index (χ3v) is 2.24. The van der Waals surface area contributed by atoms with E-state index in [1.165, 1.54) is 0 Å². The quantitative estimate of drug-likeness (QED) is 0.729. The molecule has 0 aliphatic rings. The summed E-state index contributed by atoms with van der Waals surface area (Å²) in [5.41, 5.74) is 0.787. The monoisotopic (exact) mass is 218 g/mol. The molecule has 4 nitrogen and oxygen atoms in total. The Morgan fingerprint density at radius 1 is 1.50 bits per heavy atom. The number of aromatic nitrogens is 1. The highest BCUT2D eigenvalue weighted by molar-refractivity contribution is 5.15. The molecule has 0 aliphatic heterocycles. The Balaban J connectivity index is 2.37. The zero-order valence-electron chi connectivity index (χ0n) is 9.85. The first-order chi connectivity index (χ1) is 7.74. The van der Waals surface area contributed by atoms with Gasteiger partial charge < -0.3 is 4.90 Å². The standard InChI is InChI=1S/C12H18N4/c1-16(2)9-5-8-15-12(10-13)11-6-3-4-7-14-11/h3-4,6-7,12,15H,5,8-9H2,1-2H3. The lowest BCUT2D eigenvalue weighted by Gasteiger charge is -2.12. The van der Waals surface area contributed by atoms with Crippen molar-refractivity contribution in [1.82, 2.24) is 15.2 Å². The highest BCUT2D eigenvalue weighted by Crippen LogP contribution is 2.07. The number of hydrogen-bond donors (Lipinski definition) is 1. The van der Waals surface area contributed by atoms with Crippen LogP contribution in [0.1, 0.15) is 18.2 Å². The van der Waals surface area contributed by atoms with Crippen molar-refractivity contribution < 1.29 is 0 Å². The van der Waals surface area contributed by atoms with Crippen molar-refractivity contribution in [3.8, 4) is 6.07 Å². The number of nitrogens with zero attached hydrogens (tertiary/aromatic N) is 3. The van der Waals surface area contributed by atoms with Gasteiger partial charge in [-0.15, -0.1) is 0 Å². The minimum atomic E-state index is -0.302. The maximum Gasteiger partial charge on any atom is 0.138 e. The maximum absolute atomic E-state index is 9.03. The van der Waals surface area contributed by atoms with E-state index in [2.05, 4.69) is 21.3 Å². The largest absolute Gasteiger partial charge is 0.309 e. The smallest absolute Gasteiger partial charge is 0.138 e. The van der Waals surface area contributed by atoms with E-state index in [9.17, 15) is 0 Å². The SMILES string of the molecule is CN(C)CCCNC(C#N)c1ccccn1. The summed E-state index contributed by atoms with van der Waals surface area (Å²) in [4.78, 5) is 6.30. The highest BCUT2D eigenvalue weighted by Gasteiger charge is 2.09. The molecule has 86 valence electrons. The Morgan fingerprint density at radius 3 is 2.88 bits per heavy atom. The van der Waals surface area contributed by atoms with E-state index in [0.29, 0.717) is 0 Å². The molecule has 16 heavy (non-hydrogen) atoms. The third kappa shape index (κ3) is 4.39. The molecule has 0 aliphatic carbocycles. The van der Waals surface area contributed by atoms with Gasteiger partial charge in [-0.1, -0.05) is 6.07 Å². The fourth-order valence-corrected chi connectivity index (χ4v) is 1.40. The summed E-state index contributed by atoms with van der Waals surface area (Å²) in [5.74, 6) is 0. The number of nitrogens with one attached hydrogen (secondary N) is 1. The number of hydrogen-bond acceptors (Lipinski definition) is 4. The van der Waals surface area contributed by atoms with Crippen LogP contribution in [0.15, 0.2) is 24.4 Å². The van der Waals surface area contributed by atoms with E-state index >= 15 is 0 Å². The number of nitriles is 1. The van der Waals surface area contributed by atoms with Crippen LogP contribution in [-0.2, 0) is 0 Å². The highest BCUT2D eigenvalue weighted by atomic mass is 15.1. The van der Waals surface area contributed by atoms with Crippen LogP contribution in [0.3, 0.4) is 0 Å². The molecule has 0 aromatic carbocycles. The van der Waals surface area contributed by atoms with E-state index in [-0.39, 0.29) is 6.04 Å². The van der Waals surface area contributed by atoms with E-state index in [4.69, 9.17) is 5.26 Å². The number of pyridine rings is 1. The van der Waals surface area contributed by atoms with Crippen LogP contribution in [0.25, 0.3) is 0 Å². The Hall–Kier alpha value is -1.44. The molecule has 1 heterocycles. The number of rotatable bonds is 6. The molecule has 1 atom stereocenters. The molecule has 0 radical (unpaired) electrons. The first-order valence-corrected chi connectivity index (χ1v) is 5.42. The van der Waals surface area contributed by atoms with Gasteiger partial charge in [0.1, 0.15) is 6.04 Å². The predicted octanol–water partition coefficient (Wildman–Crippen LogP) is 1.19. The minimum absolute atomic E-state index is 0.302. The molecule has 1 aromatic rings. The van der Waals surface area contributed by atoms with Crippen LogP contribution in [0, 0.1) is 11.3 Å². The molecule has 0 saturated carbocycles. The molecule has 0 bridgehead atoms. The zero-order chi connectivity index (χ0) is 11.8. The molecular weight excluding hydrogens is 200 g/mol. The normalized spacial score (nSPS) is 12.4. The predicted molar refractivity (Wildman–Crippen MR) is 63.8 cm³/mol. The molecule has 0 amide bonds. The molecule has 1 N–H and O–H groups in total. The van der Waals surface area contributed by atoms with Crippen molar-refractivity contribution >= 4 is 0 Å². The first-order valence-electron chi connectivity index (χ1n) is 5.42. The summed E-state index contributed by atoms with van der Waals surface area (Å²) < 4.78 is 0. The molecule has 0 spiro atoms. The van der Waals surface area contributed by atoms with Gasteiger partial charge in [-0.05, 0) is 45.7 Å². The molecule has 1 aromatic heterocycles. The summed E-state index contributed by atoms with van der Waals surface area (Å²) in [6, 6.07) is 7.53. The second-order valence-electron chi connectivity index (χ2n) is 3.93. The Morgan fingerprint density at radius 2 is 2.31 bits per heavy atom. The van der Waals surface area contributed by atoms with Crippen molar-refractivity contribution in [2.45, 2.75) is 12.5 Å². The van der Waals surface area contributed by atoms with Gasteiger partial charge in [-0.2, -0.15) is 5.26 Å². The first kappa shape index (κ1) is 12.6. The van der Waals surface area contributed by atoms with Gasteiger partial charge in [0.15, 0.2) is 0 Å². The minimum Gasteiger partial charge on any atom is -0.309 e. The molecule has 0 fully saturated rings. The maximum atomic E-state index is 9.03. The molecule has 4 heteroatoms. The second kappa shape index (κ2) is 6.94. The average molecular weight is 218 g/mol. The third-order valence-electron chi connectivity index (χ3n) is 2.24. The van der Waals surface area contributed by atoms with E-state index in [1.54, 1.807) is 6.20 Å². The van der Waals surface area contributed by atoms with Crippen molar-refractivity contribution in [3.05, 3.63) is 30.1 Å². The lowest BCUT2D eigenvalue weighted by molar-refractivity contribution is 0.391. The van der Waals surface area contributed by atoms with E-state index in [0.717, 1.165) is 25.2 Å². The van der Waals surface area contributed by atoms with Crippen molar-refractivity contribution in [1.29, 1.82) is 5.26 Å². The summed E-state index contributed by atoms with van der Waals surface area (Å²) in [6.07, 6.45) is 2.74. The Kier molecular flexibility index (Phi) is 5.48. The Bertz CT molecular complexity index is 329. The van der Waals surface area contributed by atoms with Gasteiger partial charge in [0.2, 0.25) is 0 Å². The van der Waals surface area contributed by atoms with Crippen LogP contribution in [0.5, 0.6) is 0 Å². The van der Waals surface area contributed by atoms with E-state index < -0.39 is 0 Å². The van der Waals surface area contributed by atoms with Gasteiger partial charge in [-0.25, -0.2) is 0 Å². The summed E-state index contributed by atoms with van der Waals surface area (Å²) >= 11 is 0. The van der Waals surface area contributed by atoms with Gasteiger partial charge in [0, 0.05) is 6.20 Å².